The zero-order valence-electron chi connectivity index (χ0n) is 11.3. The molecular weight excluding hydrogens is 246 g/mol. The summed E-state index contributed by atoms with van der Waals surface area (Å²) in [7, 11) is 0. The van der Waals surface area contributed by atoms with Gasteiger partial charge in [0.1, 0.15) is 12.1 Å². The van der Waals surface area contributed by atoms with Crippen LogP contribution in [0, 0.1) is 0 Å². The first-order valence-electron chi connectivity index (χ1n) is 6.54. The van der Waals surface area contributed by atoms with Crippen LogP contribution in [0.3, 0.4) is 0 Å². The lowest BCUT2D eigenvalue weighted by Gasteiger charge is -2.07. The molecule has 1 rings (SSSR count). The van der Waals surface area contributed by atoms with Gasteiger partial charge in [0.25, 0.3) is 0 Å². The molecular formula is C13H23N3OS. The molecule has 0 bridgehead atoms. The number of thioether (sulfide) groups is 1. The zero-order chi connectivity index (χ0) is 13.1. The summed E-state index contributed by atoms with van der Waals surface area (Å²) in [6, 6.07) is 1.84. The third kappa shape index (κ3) is 6.69. The van der Waals surface area contributed by atoms with Crippen molar-refractivity contribution in [3.8, 4) is 5.88 Å². The van der Waals surface area contributed by atoms with E-state index in [1.54, 1.807) is 0 Å². The second kappa shape index (κ2) is 10.00. The highest BCUT2D eigenvalue weighted by atomic mass is 32.2. The molecule has 0 saturated heterocycles. The second-order valence-electron chi connectivity index (χ2n) is 4.01. The third-order valence-electron chi connectivity index (χ3n) is 2.52. The molecule has 0 saturated carbocycles. The van der Waals surface area contributed by atoms with Crippen molar-refractivity contribution in [1.29, 1.82) is 0 Å². The summed E-state index contributed by atoms with van der Waals surface area (Å²) in [5, 5.41) is 3.30. The van der Waals surface area contributed by atoms with Gasteiger partial charge in [-0.2, -0.15) is 11.8 Å². The predicted molar refractivity (Wildman–Crippen MR) is 78.5 cm³/mol. The largest absolute Gasteiger partial charge is 0.478 e. The summed E-state index contributed by atoms with van der Waals surface area (Å²) in [4.78, 5) is 8.19. The highest BCUT2D eigenvalue weighted by molar-refractivity contribution is 7.98. The van der Waals surface area contributed by atoms with Crippen LogP contribution >= 0.6 is 11.8 Å². The van der Waals surface area contributed by atoms with Gasteiger partial charge in [0, 0.05) is 12.6 Å². The minimum atomic E-state index is 0.631. The van der Waals surface area contributed by atoms with Gasteiger partial charge in [-0.05, 0) is 31.8 Å². The smallest absolute Gasteiger partial charge is 0.218 e. The molecule has 1 aromatic heterocycles. The average Bonchev–Trinajstić information content (AvgIpc) is 2.39. The van der Waals surface area contributed by atoms with Crippen LogP contribution in [-0.4, -0.2) is 35.1 Å². The molecule has 0 aromatic carbocycles. The summed E-state index contributed by atoms with van der Waals surface area (Å²) < 4.78 is 5.32. The van der Waals surface area contributed by atoms with E-state index in [1.807, 2.05) is 24.8 Å². The molecule has 102 valence electrons. The number of hydrogen-bond donors (Lipinski definition) is 1. The Labute approximate surface area is 114 Å². The van der Waals surface area contributed by atoms with Gasteiger partial charge in [0.15, 0.2) is 0 Å². The highest BCUT2D eigenvalue weighted by Gasteiger charge is 1.98. The van der Waals surface area contributed by atoms with Crippen LogP contribution in [0.4, 0.5) is 5.82 Å². The Bertz CT molecular complexity index is 323. The highest BCUT2D eigenvalue weighted by Crippen LogP contribution is 2.11. The molecule has 0 aliphatic heterocycles. The van der Waals surface area contributed by atoms with Crippen molar-refractivity contribution >= 4 is 17.6 Å². The van der Waals surface area contributed by atoms with E-state index in [2.05, 4.69) is 21.5 Å². The predicted octanol–water partition coefficient (Wildman–Crippen LogP) is 3.21. The first-order valence-corrected chi connectivity index (χ1v) is 7.94. The fourth-order valence-corrected chi connectivity index (χ4v) is 2.10. The molecule has 5 heteroatoms. The monoisotopic (exact) mass is 269 g/mol. The number of nitrogens with one attached hydrogen (secondary N) is 1. The van der Waals surface area contributed by atoms with Crippen molar-refractivity contribution in [3.63, 3.8) is 0 Å². The molecule has 1 aromatic rings. The summed E-state index contributed by atoms with van der Waals surface area (Å²) in [6.45, 7) is 3.54. The standard InChI is InChI=1S/C13H23N3OS/c1-3-17-13-10-12(15-11-16-13)14-8-6-4-5-7-9-18-2/h10-11H,3-9H2,1-2H3,(H,14,15,16). The van der Waals surface area contributed by atoms with Crippen LogP contribution in [0.1, 0.15) is 32.6 Å². The number of anilines is 1. The van der Waals surface area contributed by atoms with Gasteiger partial charge < -0.3 is 10.1 Å². The van der Waals surface area contributed by atoms with E-state index < -0.39 is 0 Å². The average molecular weight is 269 g/mol. The van der Waals surface area contributed by atoms with E-state index in [9.17, 15) is 0 Å². The lowest BCUT2D eigenvalue weighted by molar-refractivity contribution is 0.326. The fraction of sp³-hybridized carbons (Fsp3) is 0.692. The molecule has 1 N–H and O–H groups in total. The Kier molecular flexibility index (Phi) is 8.38. The van der Waals surface area contributed by atoms with E-state index in [0.29, 0.717) is 12.5 Å². The summed E-state index contributed by atoms with van der Waals surface area (Å²) >= 11 is 1.92. The van der Waals surface area contributed by atoms with Crippen LogP contribution in [0.5, 0.6) is 5.88 Å². The van der Waals surface area contributed by atoms with E-state index >= 15 is 0 Å². The van der Waals surface area contributed by atoms with Gasteiger partial charge in [0.2, 0.25) is 5.88 Å². The van der Waals surface area contributed by atoms with Crippen molar-refractivity contribution in [1.82, 2.24) is 9.97 Å². The molecule has 0 atom stereocenters. The molecule has 0 aliphatic rings. The van der Waals surface area contributed by atoms with E-state index in [-0.39, 0.29) is 0 Å². The third-order valence-corrected chi connectivity index (χ3v) is 3.21. The summed E-state index contributed by atoms with van der Waals surface area (Å²) in [6.07, 6.45) is 8.79. The minimum absolute atomic E-state index is 0.631. The minimum Gasteiger partial charge on any atom is -0.478 e. The number of unbranched alkanes of at least 4 members (excludes halogenated alkanes) is 3. The number of nitrogens with zero attached hydrogens (tertiary/aromatic N) is 2. The van der Waals surface area contributed by atoms with Crippen LogP contribution in [0.2, 0.25) is 0 Å². The van der Waals surface area contributed by atoms with Crippen LogP contribution in [0.25, 0.3) is 0 Å². The lowest BCUT2D eigenvalue weighted by Crippen LogP contribution is -2.04. The lowest BCUT2D eigenvalue weighted by atomic mass is 10.2. The van der Waals surface area contributed by atoms with Gasteiger partial charge in [-0.15, -0.1) is 0 Å². The summed E-state index contributed by atoms with van der Waals surface area (Å²) in [5.41, 5.74) is 0. The van der Waals surface area contributed by atoms with Gasteiger partial charge >= 0.3 is 0 Å². The first kappa shape index (κ1) is 15.1. The topological polar surface area (TPSA) is 47.0 Å². The number of aromatic nitrogens is 2. The van der Waals surface area contributed by atoms with Gasteiger partial charge in [-0.1, -0.05) is 12.8 Å². The van der Waals surface area contributed by atoms with E-state index in [4.69, 9.17) is 4.74 Å². The fourth-order valence-electron chi connectivity index (χ4n) is 1.60. The molecule has 0 unspecified atom stereocenters. The maximum absolute atomic E-state index is 5.32. The molecule has 0 fully saturated rings. The first-order chi connectivity index (χ1) is 8.86. The molecule has 4 nitrogen and oxygen atoms in total. The molecule has 0 radical (unpaired) electrons. The SMILES string of the molecule is CCOc1cc(NCCCCCCSC)ncn1. The van der Waals surface area contributed by atoms with E-state index in [1.165, 1.54) is 37.8 Å². The quantitative estimate of drug-likeness (QED) is 0.661. The maximum atomic E-state index is 5.32. The van der Waals surface area contributed by atoms with Crippen LogP contribution in [0.15, 0.2) is 12.4 Å². The van der Waals surface area contributed by atoms with Crippen LogP contribution in [-0.2, 0) is 0 Å². The molecule has 1 heterocycles. The Balaban J connectivity index is 2.13. The molecule has 18 heavy (non-hydrogen) atoms. The van der Waals surface area contributed by atoms with Crippen LogP contribution < -0.4 is 10.1 Å². The van der Waals surface area contributed by atoms with Gasteiger partial charge in [-0.25, -0.2) is 9.97 Å². The Morgan fingerprint density at radius 2 is 2.06 bits per heavy atom. The van der Waals surface area contributed by atoms with Crippen molar-refractivity contribution in [2.45, 2.75) is 32.6 Å². The molecule has 0 aliphatic carbocycles. The van der Waals surface area contributed by atoms with E-state index in [0.717, 1.165) is 12.4 Å². The zero-order valence-corrected chi connectivity index (χ0v) is 12.1. The molecule has 0 spiro atoms. The Hall–Kier alpha value is -0.970. The van der Waals surface area contributed by atoms with Crippen molar-refractivity contribution in [2.24, 2.45) is 0 Å². The van der Waals surface area contributed by atoms with Crippen molar-refractivity contribution in [3.05, 3.63) is 12.4 Å². The normalized spacial score (nSPS) is 10.3. The van der Waals surface area contributed by atoms with Crippen molar-refractivity contribution < 1.29 is 4.74 Å². The maximum Gasteiger partial charge on any atom is 0.218 e. The number of ether oxygens (including phenoxy) is 1. The summed E-state index contributed by atoms with van der Waals surface area (Å²) in [5.74, 6) is 2.75. The Morgan fingerprint density at radius 3 is 2.83 bits per heavy atom. The number of hydrogen-bond acceptors (Lipinski definition) is 5. The molecule has 0 amide bonds. The number of rotatable bonds is 10. The van der Waals surface area contributed by atoms with Gasteiger partial charge in [0.05, 0.1) is 6.61 Å². The second-order valence-corrected chi connectivity index (χ2v) is 4.99. The van der Waals surface area contributed by atoms with Crippen molar-refractivity contribution in [2.75, 3.05) is 30.5 Å². The van der Waals surface area contributed by atoms with Gasteiger partial charge in [-0.3, -0.25) is 0 Å². The Morgan fingerprint density at radius 1 is 1.22 bits per heavy atom.